The van der Waals surface area contributed by atoms with E-state index >= 15 is 0 Å². The smallest absolute Gasteiger partial charge is 0.234 e. The van der Waals surface area contributed by atoms with E-state index in [1.165, 1.54) is 11.8 Å². The van der Waals surface area contributed by atoms with Crippen LogP contribution in [0.2, 0.25) is 10.0 Å². The predicted molar refractivity (Wildman–Crippen MR) is 101 cm³/mol. The average molecular weight is 369 g/mol. The number of rotatable bonds is 5. The molecule has 2 rings (SSSR count). The molecule has 1 amide bonds. The van der Waals surface area contributed by atoms with Gasteiger partial charge in [0, 0.05) is 35.4 Å². The second-order valence-electron chi connectivity index (χ2n) is 5.31. The molecule has 2 aromatic carbocycles. The SMILES string of the molecule is Cc1cc(N(C)C)ccc1NC(=O)CSc1cc(Cl)ccc1Cl. The summed E-state index contributed by atoms with van der Waals surface area (Å²) in [6.07, 6.45) is 0. The van der Waals surface area contributed by atoms with Crippen molar-refractivity contribution >= 4 is 52.2 Å². The van der Waals surface area contributed by atoms with Gasteiger partial charge in [0.2, 0.25) is 5.91 Å². The minimum Gasteiger partial charge on any atom is -0.378 e. The maximum atomic E-state index is 12.1. The van der Waals surface area contributed by atoms with Crippen molar-refractivity contribution in [3.05, 3.63) is 52.0 Å². The Balaban J connectivity index is 1.98. The summed E-state index contributed by atoms with van der Waals surface area (Å²) in [5.74, 6) is 0.196. The van der Waals surface area contributed by atoms with E-state index in [0.29, 0.717) is 10.0 Å². The summed E-state index contributed by atoms with van der Waals surface area (Å²) in [5.41, 5.74) is 2.94. The zero-order chi connectivity index (χ0) is 17.0. The summed E-state index contributed by atoms with van der Waals surface area (Å²) < 4.78 is 0. The van der Waals surface area contributed by atoms with Crippen molar-refractivity contribution in [3.63, 3.8) is 0 Å². The van der Waals surface area contributed by atoms with Crippen LogP contribution in [-0.4, -0.2) is 25.8 Å². The van der Waals surface area contributed by atoms with Gasteiger partial charge in [-0.15, -0.1) is 11.8 Å². The van der Waals surface area contributed by atoms with Crippen LogP contribution < -0.4 is 10.2 Å². The Morgan fingerprint density at radius 1 is 1.17 bits per heavy atom. The predicted octanol–water partition coefficient (Wildman–Crippen LogP) is 5.10. The fraction of sp³-hybridized carbons (Fsp3) is 0.235. The van der Waals surface area contributed by atoms with Crippen LogP contribution in [0.15, 0.2) is 41.3 Å². The first-order valence-electron chi connectivity index (χ1n) is 7.02. The Hall–Kier alpha value is -1.36. The highest BCUT2D eigenvalue weighted by Crippen LogP contribution is 2.30. The largest absolute Gasteiger partial charge is 0.378 e. The lowest BCUT2D eigenvalue weighted by Gasteiger charge is -2.15. The van der Waals surface area contributed by atoms with Crippen molar-refractivity contribution in [2.45, 2.75) is 11.8 Å². The molecule has 23 heavy (non-hydrogen) atoms. The zero-order valence-electron chi connectivity index (χ0n) is 13.2. The lowest BCUT2D eigenvalue weighted by molar-refractivity contribution is -0.113. The fourth-order valence-corrected chi connectivity index (χ4v) is 3.28. The number of halogens is 2. The molecule has 6 heteroatoms. The summed E-state index contributed by atoms with van der Waals surface area (Å²) in [6, 6.07) is 11.1. The molecule has 0 unspecified atom stereocenters. The molecule has 2 aromatic rings. The first-order valence-corrected chi connectivity index (χ1v) is 8.76. The minimum atomic E-state index is -0.0771. The minimum absolute atomic E-state index is 0.0771. The molecule has 0 aromatic heterocycles. The lowest BCUT2D eigenvalue weighted by atomic mass is 10.1. The van der Waals surface area contributed by atoms with Gasteiger partial charge < -0.3 is 10.2 Å². The zero-order valence-corrected chi connectivity index (χ0v) is 15.5. The number of nitrogens with zero attached hydrogens (tertiary/aromatic N) is 1. The van der Waals surface area contributed by atoms with Crippen LogP contribution in [0.4, 0.5) is 11.4 Å². The number of benzene rings is 2. The standard InChI is InChI=1S/C17H18Cl2N2OS/c1-11-8-13(21(2)3)5-7-15(11)20-17(22)10-23-16-9-12(18)4-6-14(16)19/h4-9H,10H2,1-3H3,(H,20,22). The van der Waals surface area contributed by atoms with Gasteiger partial charge in [-0.1, -0.05) is 23.2 Å². The van der Waals surface area contributed by atoms with Crippen molar-refractivity contribution in [1.82, 2.24) is 0 Å². The van der Waals surface area contributed by atoms with E-state index in [2.05, 4.69) is 5.32 Å². The van der Waals surface area contributed by atoms with Crippen molar-refractivity contribution in [2.75, 3.05) is 30.1 Å². The number of anilines is 2. The van der Waals surface area contributed by atoms with Crippen LogP contribution in [0, 0.1) is 6.92 Å². The maximum absolute atomic E-state index is 12.1. The van der Waals surface area contributed by atoms with Crippen molar-refractivity contribution in [2.24, 2.45) is 0 Å². The van der Waals surface area contributed by atoms with Crippen LogP contribution in [0.25, 0.3) is 0 Å². The van der Waals surface area contributed by atoms with E-state index in [0.717, 1.165) is 21.8 Å². The first kappa shape index (κ1) is 18.0. The second-order valence-corrected chi connectivity index (χ2v) is 7.17. The molecule has 0 aliphatic rings. The third kappa shape index (κ3) is 5.06. The molecule has 3 nitrogen and oxygen atoms in total. The lowest BCUT2D eigenvalue weighted by Crippen LogP contribution is -2.15. The summed E-state index contributed by atoms with van der Waals surface area (Å²) >= 11 is 13.4. The van der Waals surface area contributed by atoms with E-state index in [9.17, 15) is 4.79 Å². The van der Waals surface area contributed by atoms with E-state index in [1.807, 2.05) is 44.1 Å². The molecule has 0 radical (unpaired) electrons. The van der Waals surface area contributed by atoms with Crippen LogP contribution in [-0.2, 0) is 4.79 Å². The van der Waals surface area contributed by atoms with Gasteiger partial charge in [-0.2, -0.15) is 0 Å². The number of amides is 1. The number of carbonyl (C=O) groups excluding carboxylic acids is 1. The molecule has 1 N–H and O–H groups in total. The Kier molecular flexibility index (Phi) is 6.22. The monoisotopic (exact) mass is 368 g/mol. The topological polar surface area (TPSA) is 32.3 Å². The summed E-state index contributed by atoms with van der Waals surface area (Å²) in [5, 5.41) is 4.13. The molecule has 0 atom stereocenters. The number of aryl methyl sites for hydroxylation is 1. The summed E-state index contributed by atoms with van der Waals surface area (Å²) in [6.45, 7) is 1.98. The van der Waals surface area contributed by atoms with Crippen LogP contribution in [0.1, 0.15) is 5.56 Å². The first-order chi connectivity index (χ1) is 10.9. The number of thioether (sulfide) groups is 1. The normalized spacial score (nSPS) is 10.5. The molecule has 0 spiro atoms. The van der Waals surface area contributed by atoms with Gasteiger partial charge in [-0.25, -0.2) is 0 Å². The second kappa shape index (κ2) is 7.95. The Morgan fingerprint density at radius 2 is 1.91 bits per heavy atom. The highest BCUT2D eigenvalue weighted by Gasteiger charge is 2.09. The summed E-state index contributed by atoms with van der Waals surface area (Å²) in [4.78, 5) is 15.0. The highest BCUT2D eigenvalue weighted by atomic mass is 35.5. The van der Waals surface area contributed by atoms with E-state index in [4.69, 9.17) is 23.2 Å². The number of hydrogen-bond donors (Lipinski definition) is 1. The fourth-order valence-electron chi connectivity index (χ4n) is 1.98. The van der Waals surface area contributed by atoms with Crippen LogP contribution in [0.5, 0.6) is 0 Å². The molecule has 0 heterocycles. The van der Waals surface area contributed by atoms with Crippen LogP contribution >= 0.6 is 35.0 Å². The molecule has 0 aliphatic carbocycles. The summed E-state index contributed by atoms with van der Waals surface area (Å²) in [7, 11) is 3.97. The van der Waals surface area contributed by atoms with E-state index in [1.54, 1.807) is 18.2 Å². The van der Waals surface area contributed by atoms with Gasteiger partial charge in [0.25, 0.3) is 0 Å². The molecule has 0 saturated heterocycles. The van der Waals surface area contributed by atoms with Gasteiger partial charge in [-0.3, -0.25) is 4.79 Å². The molecule has 0 aliphatic heterocycles. The number of hydrogen-bond acceptors (Lipinski definition) is 3. The Morgan fingerprint density at radius 3 is 2.57 bits per heavy atom. The van der Waals surface area contributed by atoms with E-state index in [-0.39, 0.29) is 11.7 Å². The number of nitrogens with one attached hydrogen (secondary N) is 1. The average Bonchev–Trinajstić information content (AvgIpc) is 2.50. The van der Waals surface area contributed by atoms with Gasteiger partial charge in [0.15, 0.2) is 0 Å². The van der Waals surface area contributed by atoms with Gasteiger partial charge in [0.1, 0.15) is 0 Å². The van der Waals surface area contributed by atoms with Gasteiger partial charge in [-0.05, 0) is 48.9 Å². The van der Waals surface area contributed by atoms with Gasteiger partial charge >= 0.3 is 0 Å². The van der Waals surface area contributed by atoms with Crippen molar-refractivity contribution in [3.8, 4) is 0 Å². The quantitative estimate of drug-likeness (QED) is 0.745. The van der Waals surface area contributed by atoms with E-state index < -0.39 is 0 Å². The van der Waals surface area contributed by atoms with Crippen molar-refractivity contribution < 1.29 is 4.79 Å². The van der Waals surface area contributed by atoms with Gasteiger partial charge in [0.05, 0.1) is 10.8 Å². The molecular formula is C17H18Cl2N2OS. The third-order valence-corrected chi connectivity index (χ3v) is 4.98. The number of carbonyl (C=O) groups is 1. The molecular weight excluding hydrogens is 351 g/mol. The van der Waals surface area contributed by atoms with Crippen molar-refractivity contribution in [1.29, 1.82) is 0 Å². The Labute approximate surface area is 151 Å². The Bertz CT molecular complexity index is 720. The molecule has 0 saturated carbocycles. The van der Waals surface area contributed by atoms with Crippen LogP contribution in [0.3, 0.4) is 0 Å². The molecule has 0 fully saturated rings. The molecule has 0 bridgehead atoms. The highest BCUT2D eigenvalue weighted by molar-refractivity contribution is 8.00. The maximum Gasteiger partial charge on any atom is 0.234 e. The third-order valence-electron chi connectivity index (χ3n) is 3.25. The molecule has 122 valence electrons.